The van der Waals surface area contributed by atoms with E-state index in [1.165, 1.54) is 22.3 Å². The molecule has 0 saturated carbocycles. The molecule has 7 heteroatoms. The van der Waals surface area contributed by atoms with Gasteiger partial charge in [-0.05, 0) is 24.6 Å². The second-order valence-corrected chi connectivity index (χ2v) is 6.55. The molecule has 2 aliphatic heterocycles. The summed E-state index contributed by atoms with van der Waals surface area (Å²) in [5, 5.41) is 0. The van der Waals surface area contributed by atoms with Crippen molar-refractivity contribution in [1.29, 1.82) is 0 Å². The Hall–Kier alpha value is -2.41. The first-order valence-electron chi connectivity index (χ1n) is 8.91. The molecule has 3 rings (SSSR count). The van der Waals surface area contributed by atoms with E-state index in [1.54, 1.807) is 14.2 Å². The van der Waals surface area contributed by atoms with Gasteiger partial charge in [-0.25, -0.2) is 0 Å². The molecule has 2 heterocycles. The number of quaternary nitrogens is 1. The molecule has 0 atom stereocenters. The van der Waals surface area contributed by atoms with Crippen molar-refractivity contribution < 1.29 is 28.6 Å². The van der Waals surface area contributed by atoms with E-state index in [9.17, 15) is 4.79 Å². The highest BCUT2D eigenvalue weighted by Crippen LogP contribution is 2.29. The lowest BCUT2D eigenvalue weighted by molar-refractivity contribution is -0.917. The highest BCUT2D eigenvalue weighted by atomic mass is 16.6. The summed E-state index contributed by atoms with van der Waals surface area (Å²) < 4.78 is 21.4. The third-order valence-corrected chi connectivity index (χ3v) is 4.90. The molecule has 1 saturated heterocycles. The highest BCUT2D eigenvalue weighted by Gasteiger charge is 2.28. The van der Waals surface area contributed by atoms with Gasteiger partial charge in [-0.1, -0.05) is 0 Å². The van der Waals surface area contributed by atoms with E-state index in [4.69, 9.17) is 18.9 Å². The number of piperazine rings is 1. The largest absolute Gasteiger partial charge is 0.494 e. The van der Waals surface area contributed by atoms with Crippen LogP contribution in [0.4, 0.5) is 0 Å². The van der Waals surface area contributed by atoms with Crippen molar-refractivity contribution in [1.82, 2.24) is 4.90 Å². The summed E-state index contributed by atoms with van der Waals surface area (Å²) in [7, 11) is 3.30. The number of amides is 1. The number of carbonyl (C=O) groups is 1. The van der Waals surface area contributed by atoms with Gasteiger partial charge in [-0.3, -0.25) is 4.79 Å². The molecule has 0 aromatic heterocycles. The van der Waals surface area contributed by atoms with Gasteiger partial charge >= 0.3 is 0 Å². The number of methoxy groups -OCH3 is 2. The van der Waals surface area contributed by atoms with Gasteiger partial charge in [0.2, 0.25) is 5.76 Å². The lowest BCUT2D eigenvalue weighted by atomic mass is 10.1. The molecule has 0 aliphatic carbocycles. The van der Waals surface area contributed by atoms with Crippen molar-refractivity contribution in [2.75, 3.05) is 53.6 Å². The maximum atomic E-state index is 12.4. The molecule has 26 heavy (non-hydrogen) atoms. The van der Waals surface area contributed by atoms with Gasteiger partial charge in [0.05, 0.1) is 40.4 Å². The quantitative estimate of drug-likeness (QED) is 0.806. The number of rotatable bonds is 5. The second-order valence-electron chi connectivity index (χ2n) is 6.55. The van der Waals surface area contributed by atoms with Gasteiger partial charge in [-0.2, -0.15) is 0 Å². The molecule has 1 aromatic carbocycles. The van der Waals surface area contributed by atoms with Crippen LogP contribution in [0.3, 0.4) is 0 Å². The van der Waals surface area contributed by atoms with E-state index in [2.05, 4.69) is 13.0 Å². The first kappa shape index (κ1) is 18.4. The number of nitrogens with one attached hydrogen (secondary N) is 1. The van der Waals surface area contributed by atoms with Crippen LogP contribution in [0.15, 0.2) is 24.2 Å². The number of hydrogen-bond donors (Lipinski definition) is 1. The van der Waals surface area contributed by atoms with Crippen LogP contribution in [-0.2, 0) is 20.8 Å². The predicted octanol–water partition coefficient (Wildman–Crippen LogP) is 0.128. The van der Waals surface area contributed by atoms with Crippen LogP contribution < -0.4 is 14.4 Å². The molecule has 1 amide bonds. The fourth-order valence-corrected chi connectivity index (χ4v) is 3.32. The third-order valence-electron chi connectivity index (χ3n) is 4.90. The summed E-state index contributed by atoms with van der Waals surface area (Å²) in [4.78, 5) is 15.7. The lowest BCUT2D eigenvalue weighted by Crippen LogP contribution is -3.13. The zero-order chi connectivity index (χ0) is 18.5. The normalized spacial score (nSPS) is 17.8. The SMILES string of the molecule is COc1cc(C)c(C[NH+]2CCN(C(=O)C3=COCCO3)CC2)cc1OC. The Bertz CT molecular complexity index is 681. The third kappa shape index (κ3) is 4.04. The standard InChI is InChI=1S/C19H26N2O5/c1-14-10-16(23-2)17(24-3)11-15(14)12-20-4-6-21(7-5-20)19(22)18-13-25-8-9-26-18/h10-11,13H,4-9,12H2,1-3H3/p+1. The fourth-order valence-electron chi connectivity index (χ4n) is 3.32. The number of nitrogens with zero attached hydrogens (tertiary/aromatic N) is 1. The fraction of sp³-hybridized carbons (Fsp3) is 0.526. The minimum atomic E-state index is -0.0777. The number of carbonyl (C=O) groups excluding carboxylic acids is 1. The van der Waals surface area contributed by atoms with Gasteiger partial charge in [0.25, 0.3) is 5.91 Å². The van der Waals surface area contributed by atoms with E-state index < -0.39 is 0 Å². The zero-order valence-corrected chi connectivity index (χ0v) is 15.7. The summed E-state index contributed by atoms with van der Waals surface area (Å²) in [6.45, 7) is 7.13. The smallest absolute Gasteiger partial charge is 0.292 e. The average molecular weight is 363 g/mol. The van der Waals surface area contributed by atoms with E-state index in [0.717, 1.165) is 31.1 Å². The Labute approximate surface area is 154 Å². The van der Waals surface area contributed by atoms with Crippen LogP contribution >= 0.6 is 0 Å². The molecule has 142 valence electrons. The van der Waals surface area contributed by atoms with E-state index in [1.807, 2.05) is 11.0 Å². The lowest BCUT2D eigenvalue weighted by Gasteiger charge is -2.33. The molecular formula is C19H27N2O5+. The van der Waals surface area contributed by atoms with E-state index in [-0.39, 0.29) is 5.91 Å². The predicted molar refractivity (Wildman–Crippen MR) is 95.3 cm³/mol. The van der Waals surface area contributed by atoms with Crippen molar-refractivity contribution in [3.05, 3.63) is 35.3 Å². The zero-order valence-electron chi connectivity index (χ0n) is 15.7. The minimum absolute atomic E-state index is 0.0777. The van der Waals surface area contributed by atoms with E-state index in [0.29, 0.717) is 32.1 Å². The number of aryl methyl sites for hydroxylation is 1. The number of benzene rings is 1. The summed E-state index contributed by atoms with van der Waals surface area (Å²) in [6.07, 6.45) is 1.43. The summed E-state index contributed by atoms with van der Waals surface area (Å²) in [6, 6.07) is 4.07. The molecule has 7 nitrogen and oxygen atoms in total. The molecule has 1 fully saturated rings. The van der Waals surface area contributed by atoms with Gasteiger partial charge < -0.3 is 28.7 Å². The maximum Gasteiger partial charge on any atom is 0.292 e. The first-order chi connectivity index (χ1) is 12.6. The van der Waals surface area contributed by atoms with Gasteiger partial charge in [0.1, 0.15) is 26.0 Å². The molecule has 2 aliphatic rings. The summed E-state index contributed by atoms with van der Waals surface area (Å²) in [5.41, 5.74) is 2.43. The van der Waals surface area contributed by atoms with Crippen LogP contribution in [0.25, 0.3) is 0 Å². The molecule has 1 N–H and O–H groups in total. The number of hydrogen-bond acceptors (Lipinski definition) is 5. The van der Waals surface area contributed by atoms with Gasteiger partial charge in [-0.15, -0.1) is 0 Å². The van der Waals surface area contributed by atoms with Crippen LogP contribution in [0, 0.1) is 6.92 Å². The number of ether oxygens (including phenoxy) is 4. The summed E-state index contributed by atoms with van der Waals surface area (Å²) in [5.74, 6) is 1.74. The monoisotopic (exact) mass is 363 g/mol. The van der Waals surface area contributed by atoms with Crippen LogP contribution in [0.5, 0.6) is 11.5 Å². The van der Waals surface area contributed by atoms with Crippen molar-refractivity contribution in [2.24, 2.45) is 0 Å². The van der Waals surface area contributed by atoms with Crippen LogP contribution in [-0.4, -0.2) is 64.4 Å². The second kappa shape index (κ2) is 8.31. The Morgan fingerprint density at radius 1 is 1.15 bits per heavy atom. The molecule has 0 spiro atoms. The average Bonchev–Trinajstić information content (AvgIpc) is 2.69. The van der Waals surface area contributed by atoms with E-state index >= 15 is 0 Å². The first-order valence-corrected chi connectivity index (χ1v) is 8.91. The Kier molecular flexibility index (Phi) is 5.88. The molecule has 0 unspecified atom stereocenters. The topological polar surface area (TPSA) is 61.7 Å². The van der Waals surface area contributed by atoms with Crippen LogP contribution in [0.2, 0.25) is 0 Å². The molecule has 1 aromatic rings. The highest BCUT2D eigenvalue weighted by molar-refractivity contribution is 5.91. The summed E-state index contributed by atoms with van der Waals surface area (Å²) >= 11 is 0. The van der Waals surface area contributed by atoms with Gasteiger partial charge in [0, 0.05) is 5.56 Å². The van der Waals surface area contributed by atoms with Crippen molar-refractivity contribution in [3.8, 4) is 11.5 Å². The minimum Gasteiger partial charge on any atom is -0.494 e. The molecule has 0 bridgehead atoms. The van der Waals surface area contributed by atoms with Crippen molar-refractivity contribution in [3.63, 3.8) is 0 Å². The molecule has 0 radical (unpaired) electrons. The van der Waals surface area contributed by atoms with Crippen molar-refractivity contribution in [2.45, 2.75) is 13.5 Å². The Morgan fingerprint density at radius 2 is 1.85 bits per heavy atom. The van der Waals surface area contributed by atoms with Crippen LogP contribution in [0.1, 0.15) is 11.1 Å². The van der Waals surface area contributed by atoms with Crippen molar-refractivity contribution >= 4 is 5.91 Å². The Balaban J connectivity index is 1.59. The van der Waals surface area contributed by atoms with Gasteiger partial charge in [0.15, 0.2) is 11.5 Å². The Morgan fingerprint density at radius 3 is 2.46 bits per heavy atom. The maximum absolute atomic E-state index is 12.4. The molecular weight excluding hydrogens is 336 g/mol.